The number of nitrogens with one attached hydrogen (secondary N) is 1. The molecule has 0 spiro atoms. The third kappa shape index (κ3) is 3.11. The van der Waals surface area contributed by atoms with Crippen LogP contribution in [0.2, 0.25) is 0 Å². The standard InChI is InChI=1S/C17H19FN2O3/c18-13-9-5-8-12-15(13)17(23)20(16(12)22)10-14(21)19-11-6-3-1-2-4-7-11/h5,8-9,11H,1-4,6-7,10H2,(H,19,21). The fraction of sp³-hybridized carbons (Fsp3) is 0.471. The van der Waals surface area contributed by atoms with Gasteiger partial charge in [0.15, 0.2) is 0 Å². The van der Waals surface area contributed by atoms with Crippen LogP contribution in [0.15, 0.2) is 18.2 Å². The molecule has 0 radical (unpaired) electrons. The van der Waals surface area contributed by atoms with E-state index in [2.05, 4.69) is 5.32 Å². The molecule has 5 nitrogen and oxygen atoms in total. The summed E-state index contributed by atoms with van der Waals surface area (Å²) < 4.78 is 13.7. The first-order valence-electron chi connectivity index (χ1n) is 8.02. The molecule has 3 rings (SSSR count). The van der Waals surface area contributed by atoms with Gasteiger partial charge >= 0.3 is 0 Å². The Balaban J connectivity index is 1.67. The number of imide groups is 1. The van der Waals surface area contributed by atoms with Gasteiger partial charge in [-0.05, 0) is 25.0 Å². The van der Waals surface area contributed by atoms with Crippen LogP contribution < -0.4 is 5.32 Å². The number of hydrogen-bond donors (Lipinski definition) is 1. The van der Waals surface area contributed by atoms with Gasteiger partial charge in [-0.2, -0.15) is 0 Å². The minimum absolute atomic E-state index is 0.0252. The predicted molar refractivity (Wildman–Crippen MR) is 81.4 cm³/mol. The van der Waals surface area contributed by atoms with E-state index < -0.39 is 17.6 Å². The Morgan fingerprint density at radius 3 is 2.48 bits per heavy atom. The van der Waals surface area contributed by atoms with Crippen LogP contribution in [0.4, 0.5) is 4.39 Å². The van der Waals surface area contributed by atoms with Gasteiger partial charge in [-0.1, -0.05) is 31.7 Å². The van der Waals surface area contributed by atoms with E-state index in [1.165, 1.54) is 25.0 Å². The number of nitrogens with zero attached hydrogens (tertiary/aromatic N) is 1. The number of amides is 3. The molecule has 1 aromatic rings. The summed E-state index contributed by atoms with van der Waals surface area (Å²) in [6.07, 6.45) is 6.32. The molecule has 23 heavy (non-hydrogen) atoms. The molecular weight excluding hydrogens is 299 g/mol. The molecule has 1 fully saturated rings. The molecule has 1 aliphatic heterocycles. The first kappa shape index (κ1) is 15.6. The van der Waals surface area contributed by atoms with Crippen molar-refractivity contribution in [2.45, 2.75) is 44.6 Å². The molecule has 0 unspecified atom stereocenters. The summed E-state index contributed by atoms with van der Waals surface area (Å²) in [5, 5.41) is 2.89. The zero-order valence-corrected chi connectivity index (χ0v) is 12.8. The van der Waals surface area contributed by atoms with E-state index in [0.29, 0.717) is 0 Å². The van der Waals surface area contributed by atoms with Crippen molar-refractivity contribution in [2.24, 2.45) is 0 Å². The van der Waals surface area contributed by atoms with Crippen LogP contribution in [-0.4, -0.2) is 35.2 Å². The number of carbonyl (C=O) groups is 3. The van der Waals surface area contributed by atoms with Crippen molar-refractivity contribution in [3.8, 4) is 0 Å². The fourth-order valence-corrected chi connectivity index (χ4v) is 3.28. The number of halogens is 1. The second-order valence-electron chi connectivity index (χ2n) is 6.11. The second-order valence-corrected chi connectivity index (χ2v) is 6.11. The number of benzene rings is 1. The van der Waals surface area contributed by atoms with E-state index in [1.807, 2.05) is 0 Å². The summed E-state index contributed by atoms with van der Waals surface area (Å²) in [6, 6.07) is 4.02. The summed E-state index contributed by atoms with van der Waals surface area (Å²) in [6.45, 7) is -0.359. The van der Waals surface area contributed by atoms with Crippen molar-refractivity contribution in [3.05, 3.63) is 35.1 Å². The van der Waals surface area contributed by atoms with Gasteiger partial charge < -0.3 is 5.32 Å². The molecule has 3 amide bonds. The van der Waals surface area contributed by atoms with Gasteiger partial charge in [0.2, 0.25) is 5.91 Å². The van der Waals surface area contributed by atoms with E-state index in [0.717, 1.165) is 36.6 Å². The molecule has 1 aromatic carbocycles. The zero-order chi connectivity index (χ0) is 16.4. The van der Waals surface area contributed by atoms with Gasteiger partial charge in [0.05, 0.1) is 11.1 Å². The van der Waals surface area contributed by atoms with E-state index in [1.54, 1.807) is 0 Å². The molecule has 0 aromatic heterocycles. The SMILES string of the molecule is O=C(CN1C(=O)c2cccc(F)c2C1=O)NC1CCCCCC1. The summed E-state index contributed by atoms with van der Waals surface area (Å²) in [4.78, 5) is 37.4. The number of fused-ring (bicyclic) bond motifs is 1. The van der Waals surface area contributed by atoms with Gasteiger partial charge in [-0.3, -0.25) is 19.3 Å². The van der Waals surface area contributed by atoms with Gasteiger partial charge in [-0.15, -0.1) is 0 Å². The van der Waals surface area contributed by atoms with E-state index in [4.69, 9.17) is 0 Å². The molecule has 0 bridgehead atoms. The molecule has 1 N–H and O–H groups in total. The molecule has 2 aliphatic rings. The highest BCUT2D eigenvalue weighted by molar-refractivity contribution is 6.22. The van der Waals surface area contributed by atoms with Crippen molar-refractivity contribution >= 4 is 17.7 Å². The summed E-state index contributed by atoms with van der Waals surface area (Å²) in [7, 11) is 0. The molecule has 0 saturated heterocycles. The lowest BCUT2D eigenvalue weighted by Crippen LogP contribution is -2.44. The van der Waals surface area contributed by atoms with Crippen LogP contribution in [-0.2, 0) is 4.79 Å². The number of hydrogen-bond acceptors (Lipinski definition) is 3. The van der Waals surface area contributed by atoms with Crippen LogP contribution in [0.5, 0.6) is 0 Å². The van der Waals surface area contributed by atoms with Crippen molar-refractivity contribution < 1.29 is 18.8 Å². The third-order valence-electron chi connectivity index (χ3n) is 4.47. The smallest absolute Gasteiger partial charge is 0.265 e. The van der Waals surface area contributed by atoms with Gasteiger partial charge in [0.25, 0.3) is 11.8 Å². The monoisotopic (exact) mass is 318 g/mol. The summed E-state index contributed by atoms with van der Waals surface area (Å²) >= 11 is 0. The van der Waals surface area contributed by atoms with E-state index in [9.17, 15) is 18.8 Å². The predicted octanol–water partition coefficient (Wildman–Crippen LogP) is 2.26. The van der Waals surface area contributed by atoms with Gasteiger partial charge in [0.1, 0.15) is 12.4 Å². The lowest BCUT2D eigenvalue weighted by Gasteiger charge is -2.19. The Morgan fingerprint density at radius 2 is 1.83 bits per heavy atom. The molecule has 122 valence electrons. The van der Waals surface area contributed by atoms with E-state index in [-0.39, 0.29) is 29.6 Å². The molecule has 6 heteroatoms. The van der Waals surface area contributed by atoms with Crippen molar-refractivity contribution in [2.75, 3.05) is 6.54 Å². The molecule has 0 atom stereocenters. The van der Waals surface area contributed by atoms with Crippen molar-refractivity contribution in [1.82, 2.24) is 10.2 Å². The van der Waals surface area contributed by atoms with Crippen LogP contribution >= 0.6 is 0 Å². The maximum atomic E-state index is 13.7. The quantitative estimate of drug-likeness (QED) is 0.687. The Morgan fingerprint density at radius 1 is 1.13 bits per heavy atom. The highest BCUT2D eigenvalue weighted by Crippen LogP contribution is 2.25. The Bertz CT molecular complexity index is 651. The normalized spacial score (nSPS) is 18.7. The van der Waals surface area contributed by atoms with Gasteiger partial charge in [0, 0.05) is 6.04 Å². The zero-order valence-electron chi connectivity index (χ0n) is 12.8. The van der Waals surface area contributed by atoms with Crippen LogP contribution in [0.3, 0.4) is 0 Å². The molecular formula is C17H19FN2O3. The average molecular weight is 318 g/mol. The van der Waals surface area contributed by atoms with Crippen LogP contribution in [0, 0.1) is 5.82 Å². The fourth-order valence-electron chi connectivity index (χ4n) is 3.28. The summed E-state index contributed by atoms with van der Waals surface area (Å²) in [5.74, 6) is -2.45. The van der Waals surface area contributed by atoms with Crippen LogP contribution in [0.1, 0.15) is 59.2 Å². The molecule has 1 saturated carbocycles. The first-order chi connectivity index (χ1) is 11.1. The third-order valence-corrected chi connectivity index (χ3v) is 4.47. The highest BCUT2D eigenvalue weighted by atomic mass is 19.1. The minimum atomic E-state index is -0.737. The largest absolute Gasteiger partial charge is 0.352 e. The molecule has 1 aliphatic carbocycles. The highest BCUT2D eigenvalue weighted by Gasteiger charge is 2.38. The Kier molecular flexibility index (Phi) is 4.41. The maximum absolute atomic E-state index is 13.7. The van der Waals surface area contributed by atoms with Crippen LogP contribution in [0.25, 0.3) is 0 Å². The summed E-state index contributed by atoms with van der Waals surface area (Å²) in [5.41, 5.74) is -0.211. The number of carbonyl (C=O) groups excluding carboxylic acids is 3. The average Bonchev–Trinajstić information content (AvgIpc) is 2.72. The van der Waals surface area contributed by atoms with Gasteiger partial charge in [-0.25, -0.2) is 4.39 Å². The maximum Gasteiger partial charge on any atom is 0.265 e. The Hall–Kier alpha value is -2.24. The topological polar surface area (TPSA) is 66.5 Å². The lowest BCUT2D eigenvalue weighted by molar-refractivity contribution is -0.122. The molecule has 1 heterocycles. The first-order valence-corrected chi connectivity index (χ1v) is 8.02. The second kappa shape index (κ2) is 6.48. The van der Waals surface area contributed by atoms with Crippen molar-refractivity contribution in [1.29, 1.82) is 0 Å². The lowest BCUT2D eigenvalue weighted by atomic mass is 10.1. The number of rotatable bonds is 3. The Labute approximate surface area is 133 Å². The van der Waals surface area contributed by atoms with Crippen molar-refractivity contribution in [3.63, 3.8) is 0 Å². The van der Waals surface area contributed by atoms with E-state index >= 15 is 0 Å². The minimum Gasteiger partial charge on any atom is -0.352 e.